The van der Waals surface area contributed by atoms with Gasteiger partial charge in [0.15, 0.2) is 0 Å². The van der Waals surface area contributed by atoms with Crippen molar-refractivity contribution < 1.29 is 14.2 Å². The fourth-order valence-electron chi connectivity index (χ4n) is 4.13. The molecule has 132 valence electrons. The molecule has 0 aromatic carbocycles. The molecule has 1 atom stereocenters. The van der Waals surface area contributed by atoms with Crippen LogP contribution in [-0.4, -0.2) is 61.7 Å². The highest BCUT2D eigenvalue weighted by Crippen LogP contribution is 2.42. The predicted molar refractivity (Wildman–Crippen MR) is 90.0 cm³/mol. The van der Waals surface area contributed by atoms with E-state index in [-0.39, 0.29) is 5.60 Å². The van der Waals surface area contributed by atoms with Crippen molar-refractivity contribution in [2.75, 3.05) is 51.0 Å². The first kappa shape index (κ1) is 16.2. The van der Waals surface area contributed by atoms with Crippen LogP contribution in [0.2, 0.25) is 0 Å². The number of nitrogens with zero attached hydrogens (tertiary/aromatic N) is 3. The van der Waals surface area contributed by atoms with Gasteiger partial charge in [-0.05, 0) is 43.6 Å². The lowest BCUT2D eigenvalue weighted by molar-refractivity contribution is -0.0530. The zero-order valence-corrected chi connectivity index (χ0v) is 14.2. The van der Waals surface area contributed by atoms with Crippen molar-refractivity contribution in [1.29, 1.82) is 0 Å². The molecular weight excluding hydrogens is 306 g/mol. The van der Waals surface area contributed by atoms with Gasteiger partial charge in [-0.2, -0.15) is 0 Å². The molecule has 4 rings (SSSR count). The first-order valence-electron chi connectivity index (χ1n) is 9.17. The fraction of sp³-hybridized carbons (Fsp3) is 0.778. The molecule has 0 amide bonds. The average Bonchev–Trinajstić information content (AvgIpc) is 3.03. The van der Waals surface area contributed by atoms with Crippen LogP contribution < -0.4 is 4.90 Å². The molecule has 0 radical (unpaired) electrons. The molecule has 3 aliphatic heterocycles. The highest BCUT2D eigenvalue weighted by Gasteiger charge is 2.53. The maximum Gasteiger partial charge on any atom is 0.225 e. The molecule has 3 aliphatic rings. The Morgan fingerprint density at radius 3 is 2.71 bits per heavy atom. The number of hydrogen-bond donors (Lipinski definition) is 0. The molecule has 1 aromatic rings. The Balaban J connectivity index is 1.21. The molecule has 0 saturated carbocycles. The summed E-state index contributed by atoms with van der Waals surface area (Å²) in [7, 11) is 0. The molecule has 6 heteroatoms. The quantitative estimate of drug-likeness (QED) is 0.741. The summed E-state index contributed by atoms with van der Waals surface area (Å²) in [5.74, 6) is 2.09. The minimum atomic E-state index is 0.00123. The summed E-state index contributed by atoms with van der Waals surface area (Å²) in [6.07, 6.45) is 8.11. The third-order valence-corrected chi connectivity index (χ3v) is 5.66. The van der Waals surface area contributed by atoms with E-state index >= 15 is 0 Å². The van der Waals surface area contributed by atoms with Crippen molar-refractivity contribution in [3.05, 3.63) is 18.5 Å². The van der Waals surface area contributed by atoms with E-state index in [1.54, 1.807) is 12.4 Å². The van der Waals surface area contributed by atoms with Crippen LogP contribution in [0, 0.1) is 11.8 Å². The van der Waals surface area contributed by atoms with Gasteiger partial charge in [0.1, 0.15) is 5.60 Å². The van der Waals surface area contributed by atoms with Gasteiger partial charge in [0.2, 0.25) is 5.95 Å². The molecule has 1 aromatic heterocycles. The summed E-state index contributed by atoms with van der Waals surface area (Å²) < 4.78 is 17.5. The number of ether oxygens (including phenoxy) is 3. The van der Waals surface area contributed by atoms with Gasteiger partial charge in [0, 0.05) is 45.4 Å². The van der Waals surface area contributed by atoms with E-state index < -0.39 is 0 Å². The summed E-state index contributed by atoms with van der Waals surface area (Å²) in [6, 6.07) is 1.85. The summed E-state index contributed by atoms with van der Waals surface area (Å²) in [6.45, 7) is 6.19. The second kappa shape index (κ2) is 7.33. The number of hydrogen-bond acceptors (Lipinski definition) is 6. The van der Waals surface area contributed by atoms with Crippen LogP contribution in [0.5, 0.6) is 0 Å². The highest BCUT2D eigenvalue weighted by molar-refractivity contribution is 5.37. The third-order valence-electron chi connectivity index (χ3n) is 5.66. The predicted octanol–water partition coefficient (Wildman–Crippen LogP) is 1.91. The molecule has 6 nitrogen and oxygen atoms in total. The second-order valence-electron chi connectivity index (χ2n) is 7.22. The lowest BCUT2D eigenvalue weighted by atomic mass is 9.79. The highest BCUT2D eigenvalue weighted by atomic mass is 16.5. The molecule has 0 bridgehead atoms. The van der Waals surface area contributed by atoms with E-state index in [2.05, 4.69) is 14.9 Å². The van der Waals surface area contributed by atoms with Gasteiger partial charge in [0.25, 0.3) is 0 Å². The number of rotatable bonds is 6. The van der Waals surface area contributed by atoms with E-state index in [1.165, 1.54) is 0 Å². The SMILES string of the molecule is c1cnc(N2CC3(C2)OCC[C@H]3CCOCC2CCOCC2)nc1. The second-order valence-corrected chi connectivity index (χ2v) is 7.22. The van der Waals surface area contributed by atoms with Crippen molar-refractivity contribution >= 4 is 5.95 Å². The van der Waals surface area contributed by atoms with Crippen molar-refractivity contribution in [2.45, 2.75) is 31.3 Å². The van der Waals surface area contributed by atoms with Crippen LogP contribution in [0.25, 0.3) is 0 Å². The van der Waals surface area contributed by atoms with Crippen LogP contribution in [0.4, 0.5) is 5.95 Å². The molecule has 3 fully saturated rings. The van der Waals surface area contributed by atoms with E-state index in [4.69, 9.17) is 14.2 Å². The van der Waals surface area contributed by atoms with Crippen molar-refractivity contribution in [3.8, 4) is 0 Å². The van der Waals surface area contributed by atoms with Crippen molar-refractivity contribution in [2.24, 2.45) is 11.8 Å². The van der Waals surface area contributed by atoms with Gasteiger partial charge in [0.05, 0.1) is 13.1 Å². The summed E-state index contributed by atoms with van der Waals surface area (Å²) in [5, 5.41) is 0. The number of aromatic nitrogens is 2. The lowest BCUT2D eigenvalue weighted by Crippen LogP contribution is -2.65. The van der Waals surface area contributed by atoms with E-state index in [0.29, 0.717) is 11.8 Å². The van der Waals surface area contributed by atoms with Gasteiger partial charge < -0.3 is 19.1 Å². The molecule has 24 heavy (non-hydrogen) atoms. The topological polar surface area (TPSA) is 56.7 Å². The first-order chi connectivity index (χ1) is 11.9. The average molecular weight is 333 g/mol. The molecule has 4 heterocycles. The van der Waals surface area contributed by atoms with Crippen LogP contribution >= 0.6 is 0 Å². The molecule has 0 unspecified atom stereocenters. The summed E-state index contributed by atoms with van der Waals surface area (Å²) in [5.41, 5.74) is 0.00123. The monoisotopic (exact) mass is 333 g/mol. The lowest BCUT2D eigenvalue weighted by Gasteiger charge is -2.50. The molecule has 0 aliphatic carbocycles. The van der Waals surface area contributed by atoms with Crippen LogP contribution in [-0.2, 0) is 14.2 Å². The largest absolute Gasteiger partial charge is 0.381 e. The van der Waals surface area contributed by atoms with Gasteiger partial charge >= 0.3 is 0 Å². The third kappa shape index (κ3) is 3.41. The minimum absolute atomic E-state index is 0.00123. The molecular formula is C18H27N3O3. The Morgan fingerprint density at radius 1 is 1.12 bits per heavy atom. The van der Waals surface area contributed by atoms with Gasteiger partial charge in [-0.1, -0.05) is 0 Å². The van der Waals surface area contributed by atoms with Crippen LogP contribution in [0.1, 0.15) is 25.7 Å². The minimum Gasteiger partial charge on any atom is -0.381 e. The zero-order chi connectivity index (χ0) is 16.2. The Bertz CT molecular complexity index is 516. The van der Waals surface area contributed by atoms with Gasteiger partial charge in [-0.3, -0.25) is 0 Å². The standard InChI is InChI=1S/C18H27N3O3/c1-6-19-17(20-7-1)21-13-18(14-21)16(5-11-24-18)4-10-23-12-15-2-8-22-9-3-15/h1,6-7,15-16H,2-5,8-14H2/t16-/m1/s1. The van der Waals surface area contributed by atoms with Crippen molar-refractivity contribution in [3.63, 3.8) is 0 Å². The number of anilines is 1. The van der Waals surface area contributed by atoms with Crippen LogP contribution in [0.15, 0.2) is 18.5 Å². The Morgan fingerprint density at radius 2 is 1.92 bits per heavy atom. The smallest absolute Gasteiger partial charge is 0.225 e. The Labute approximate surface area is 143 Å². The van der Waals surface area contributed by atoms with E-state index in [1.807, 2.05) is 6.07 Å². The molecule has 3 saturated heterocycles. The summed E-state index contributed by atoms with van der Waals surface area (Å²) >= 11 is 0. The van der Waals surface area contributed by atoms with Crippen molar-refractivity contribution in [1.82, 2.24) is 9.97 Å². The maximum absolute atomic E-state index is 6.12. The van der Waals surface area contributed by atoms with Gasteiger partial charge in [-0.25, -0.2) is 9.97 Å². The molecule has 1 spiro atoms. The summed E-state index contributed by atoms with van der Waals surface area (Å²) in [4.78, 5) is 10.9. The Hall–Kier alpha value is -1.24. The van der Waals surface area contributed by atoms with Gasteiger partial charge in [-0.15, -0.1) is 0 Å². The zero-order valence-electron chi connectivity index (χ0n) is 14.2. The molecule has 0 N–H and O–H groups in total. The maximum atomic E-state index is 6.12. The fourth-order valence-corrected chi connectivity index (χ4v) is 4.13. The first-order valence-corrected chi connectivity index (χ1v) is 9.17. The Kier molecular flexibility index (Phi) is 4.96. The van der Waals surface area contributed by atoms with Crippen LogP contribution in [0.3, 0.4) is 0 Å². The van der Waals surface area contributed by atoms with E-state index in [9.17, 15) is 0 Å². The normalized spacial score (nSPS) is 26.7. The van der Waals surface area contributed by atoms with E-state index in [0.717, 1.165) is 77.8 Å².